The molecule has 1 aromatic carbocycles. The summed E-state index contributed by atoms with van der Waals surface area (Å²) in [6, 6.07) is 6.21. The quantitative estimate of drug-likeness (QED) is 0.792. The first kappa shape index (κ1) is 15.0. The van der Waals surface area contributed by atoms with Crippen LogP contribution in [-0.4, -0.2) is 28.6 Å². The Morgan fingerprint density at radius 1 is 1.14 bits per heavy atom. The first-order valence-electron chi connectivity index (χ1n) is 7.65. The number of nitrogens with zero attached hydrogens (tertiary/aromatic N) is 3. The number of amides is 2. The summed E-state index contributed by atoms with van der Waals surface area (Å²) in [5.41, 5.74) is 3.56. The zero-order chi connectivity index (χ0) is 15.7. The van der Waals surface area contributed by atoms with Crippen molar-refractivity contribution in [3.63, 3.8) is 0 Å². The Labute approximate surface area is 134 Å². The third kappa shape index (κ3) is 2.99. The first-order chi connectivity index (χ1) is 10.5. The van der Waals surface area contributed by atoms with Crippen molar-refractivity contribution >= 4 is 17.4 Å². The molecule has 2 amide bonds. The van der Waals surface area contributed by atoms with E-state index < -0.39 is 0 Å². The van der Waals surface area contributed by atoms with Gasteiger partial charge in [0.25, 0.3) is 0 Å². The summed E-state index contributed by atoms with van der Waals surface area (Å²) in [4.78, 5) is 20.4. The van der Waals surface area contributed by atoms with Crippen LogP contribution in [0.2, 0.25) is 0 Å². The SMILES string of the molecule is Cc1cn(-c2ccc(C)c(C)c2)/c(=N/C(=O)N2CCCC2)s1. The Kier molecular flexibility index (Phi) is 4.16. The molecule has 0 unspecified atom stereocenters. The van der Waals surface area contributed by atoms with Crippen LogP contribution >= 0.6 is 11.3 Å². The summed E-state index contributed by atoms with van der Waals surface area (Å²) in [7, 11) is 0. The number of aryl methyl sites for hydroxylation is 3. The monoisotopic (exact) mass is 315 g/mol. The molecule has 4 nitrogen and oxygen atoms in total. The standard InChI is InChI=1S/C17H21N3OS/c1-12-6-7-15(10-13(12)2)20-11-14(3)22-17(20)18-16(21)19-8-4-5-9-19/h6-7,10-11H,4-5,8-9H2,1-3H3/b18-17-. The van der Waals surface area contributed by atoms with E-state index >= 15 is 0 Å². The molecule has 3 rings (SSSR count). The van der Waals surface area contributed by atoms with Crippen LogP contribution in [0.4, 0.5) is 4.79 Å². The minimum atomic E-state index is -0.114. The lowest BCUT2D eigenvalue weighted by atomic mass is 10.1. The van der Waals surface area contributed by atoms with Gasteiger partial charge in [0, 0.05) is 29.9 Å². The summed E-state index contributed by atoms with van der Waals surface area (Å²) in [6.07, 6.45) is 4.22. The topological polar surface area (TPSA) is 37.6 Å². The van der Waals surface area contributed by atoms with Gasteiger partial charge in [0.05, 0.1) is 0 Å². The second kappa shape index (κ2) is 6.08. The highest BCUT2D eigenvalue weighted by Crippen LogP contribution is 2.15. The molecule has 0 atom stereocenters. The van der Waals surface area contributed by atoms with Crippen LogP contribution < -0.4 is 4.80 Å². The third-order valence-corrected chi connectivity index (χ3v) is 5.00. The van der Waals surface area contributed by atoms with E-state index in [2.05, 4.69) is 37.0 Å². The molecule has 5 heteroatoms. The summed E-state index contributed by atoms with van der Waals surface area (Å²) in [5, 5.41) is 0. The van der Waals surface area contributed by atoms with Crippen molar-refractivity contribution in [2.24, 2.45) is 4.99 Å². The highest BCUT2D eigenvalue weighted by molar-refractivity contribution is 7.09. The molecule has 2 aromatic rings. The fourth-order valence-electron chi connectivity index (χ4n) is 2.65. The van der Waals surface area contributed by atoms with Gasteiger partial charge in [-0.25, -0.2) is 4.79 Å². The molecular weight excluding hydrogens is 294 g/mol. The van der Waals surface area contributed by atoms with E-state index in [4.69, 9.17) is 0 Å². The smallest absolute Gasteiger partial charge is 0.323 e. The Balaban J connectivity index is 2.02. The van der Waals surface area contributed by atoms with E-state index in [1.807, 2.05) is 22.6 Å². The van der Waals surface area contributed by atoms with E-state index in [0.717, 1.165) is 41.3 Å². The van der Waals surface area contributed by atoms with Crippen LogP contribution in [0.25, 0.3) is 5.69 Å². The highest BCUT2D eigenvalue weighted by atomic mass is 32.1. The van der Waals surface area contributed by atoms with E-state index in [1.165, 1.54) is 11.1 Å². The van der Waals surface area contributed by atoms with Crippen molar-refractivity contribution in [3.05, 3.63) is 45.2 Å². The number of aromatic nitrogens is 1. The van der Waals surface area contributed by atoms with Crippen molar-refractivity contribution in [2.75, 3.05) is 13.1 Å². The minimum absolute atomic E-state index is 0.114. The van der Waals surface area contributed by atoms with Gasteiger partial charge in [0.15, 0.2) is 4.80 Å². The summed E-state index contributed by atoms with van der Waals surface area (Å²) in [5.74, 6) is 0. The van der Waals surface area contributed by atoms with Crippen LogP contribution in [0, 0.1) is 20.8 Å². The predicted molar refractivity (Wildman–Crippen MR) is 89.6 cm³/mol. The van der Waals surface area contributed by atoms with Crippen molar-refractivity contribution in [1.82, 2.24) is 9.47 Å². The largest absolute Gasteiger partial charge is 0.346 e. The number of benzene rings is 1. The predicted octanol–water partition coefficient (Wildman–Crippen LogP) is 3.58. The van der Waals surface area contributed by atoms with Crippen LogP contribution in [0.15, 0.2) is 29.4 Å². The van der Waals surface area contributed by atoms with E-state index in [-0.39, 0.29) is 6.03 Å². The zero-order valence-electron chi connectivity index (χ0n) is 13.3. The van der Waals surface area contributed by atoms with Gasteiger partial charge in [-0.3, -0.25) is 4.57 Å². The molecule has 2 heterocycles. The van der Waals surface area contributed by atoms with Gasteiger partial charge in [-0.1, -0.05) is 6.07 Å². The molecule has 1 aliphatic rings. The van der Waals surface area contributed by atoms with E-state index in [1.54, 1.807) is 11.3 Å². The number of hydrogen-bond donors (Lipinski definition) is 0. The van der Waals surface area contributed by atoms with Gasteiger partial charge in [-0.2, -0.15) is 4.99 Å². The maximum absolute atomic E-state index is 12.3. The van der Waals surface area contributed by atoms with Gasteiger partial charge >= 0.3 is 6.03 Å². The van der Waals surface area contributed by atoms with E-state index in [0.29, 0.717) is 0 Å². The average molecular weight is 315 g/mol. The van der Waals surface area contributed by atoms with Crippen molar-refractivity contribution in [2.45, 2.75) is 33.6 Å². The lowest BCUT2D eigenvalue weighted by Gasteiger charge is -2.11. The molecule has 22 heavy (non-hydrogen) atoms. The number of likely N-dealkylation sites (tertiary alicyclic amines) is 1. The molecule has 0 aliphatic carbocycles. The molecule has 1 aromatic heterocycles. The Bertz CT molecular complexity index is 766. The van der Waals surface area contributed by atoms with Crippen LogP contribution in [0.3, 0.4) is 0 Å². The van der Waals surface area contributed by atoms with Crippen LogP contribution in [0.1, 0.15) is 28.8 Å². The van der Waals surface area contributed by atoms with Crippen LogP contribution in [0.5, 0.6) is 0 Å². The number of urea groups is 1. The minimum Gasteiger partial charge on any atom is -0.323 e. The Hall–Kier alpha value is -1.88. The van der Waals surface area contributed by atoms with Gasteiger partial charge in [0.1, 0.15) is 0 Å². The van der Waals surface area contributed by atoms with Crippen molar-refractivity contribution in [3.8, 4) is 5.69 Å². The number of thiazole rings is 1. The molecule has 0 spiro atoms. The molecule has 116 valence electrons. The summed E-state index contributed by atoms with van der Waals surface area (Å²) >= 11 is 1.56. The first-order valence-corrected chi connectivity index (χ1v) is 8.46. The molecule has 1 fully saturated rings. The summed E-state index contributed by atoms with van der Waals surface area (Å²) < 4.78 is 2.01. The van der Waals surface area contributed by atoms with E-state index in [9.17, 15) is 4.79 Å². The normalized spacial score (nSPS) is 15.6. The fraction of sp³-hybridized carbons (Fsp3) is 0.412. The van der Waals surface area contributed by atoms with Gasteiger partial charge in [-0.05, 0) is 56.9 Å². The van der Waals surface area contributed by atoms with Gasteiger partial charge in [0.2, 0.25) is 0 Å². The second-order valence-electron chi connectivity index (χ2n) is 5.85. The average Bonchev–Trinajstić information content (AvgIpc) is 3.12. The lowest BCUT2D eigenvalue weighted by Crippen LogP contribution is -2.27. The van der Waals surface area contributed by atoms with Gasteiger partial charge < -0.3 is 4.90 Å². The number of hydrogen-bond acceptors (Lipinski definition) is 2. The molecule has 0 saturated carbocycles. The summed E-state index contributed by atoms with van der Waals surface area (Å²) in [6.45, 7) is 7.91. The molecule has 1 aliphatic heterocycles. The lowest BCUT2D eigenvalue weighted by molar-refractivity contribution is 0.218. The zero-order valence-corrected chi connectivity index (χ0v) is 14.1. The third-order valence-electron chi connectivity index (χ3n) is 4.11. The van der Waals surface area contributed by atoms with Crippen LogP contribution in [-0.2, 0) is 0 Å². The van der Waals surface area contributed by atoms with Gasteiger partial charge in [-0.15, -0.1) is 11.3 Å². The molecule has 0 bridgehead atoms. The second-order valence-corrected chi connectivity index (χ2v) is 7.06. The molecule has 0 radical (unpaired) electrons. The molecule has 1 saturated heterocycles. The van der Waals surface area contributed by atoms with Crippen molar-refractivity contribution in [1.29, 1.82) is 0 Å². The number of carbonyl (C=O) groups excluding carboxylic acids is 1. The molecular formula is C17H21N3OS. The number of carbonyl (C=O) groups is 1. The maximum Gasteiger partial charge on any atom is 0.346 e. The number of rotatable bonds is 1. The Morgan fingerprint density at radius 2 is 1.86 bits per heavy atom. The Morgan fingerprint density at radius 3 is 2.55 bits per heavy atom. The molecule has 0 N–H and O–H groups in total. The maximum atomic E-state index is 12.3. The highest BCUT2D eigenvalue weighted by Gasteiger charge is 2.17. The van der Waals surface area contributed by atoms with Crippen molar-refractivity contribution < 1.29 is 4.79 Å². The fourth-order valence-corrected chi connectivity index (χ4v) is 3.48.